The van der Waals surface area contributed by atoms with Gasteiger partial charge >= 0.3 is 0 Å². The van der Waals surface area contributed by atoms with Gasteiger partial charge in [0.05, 0.1) is 0 Å². The lowest BCUT2D eigenvalue weighted by Gasteiger charge is -2.31. The number of anilines is 1. The number of carbonyl (C=O) groups is 1. The molecule has 0 amide bonds. The van der Waals surface area contributed by atoms with Crippen LogP contribution < -0.4 is 4.90 Å². The standard InChI is InChI=1S/C12H13I2NO/c13-10-5-7-15(8-6-10)11-3-1-9(2-4-11)12(14)16/h1-4,10H,5-8H2. The first-order chi connectivity index (χ1) is 7.66. The second-order valence-electron chi connectivity index (χ2n) is 3.98. The van der Waals surface area contributed by atoms with E-state index in [1.54, 1.807) is 0 Å². The van der Waals surface area contributed by atoms with Crippen molar-refractivity contribution in [1.29, 1.82) is 0 Å². The van der Waals surface area contributed by atoms with Crippen molar-refractivity contribution in [1.82, 2.24) is 0 Å². The second-order valence-corrected chi connectivity index (χ2v) is 6.72. The van der Waals surface area contributed by atoms with E-state index in [1.165, 1.54) is 18.5 Å². The Kier molecular flexibility index (Phi) is 4.46. The highest BCUT2D eigenvalue weighted by Gasteiger charge is 2.16. The normalized spacial score (nSPS) is 17.5. The lowest BCUT2D eigenvalue weighted by atomic mass is 10.1. The molecular weight excluding hydrogens is 428 g/mol. The minimum atomic E-state index is 0.107. The molecule has 0 spiro atoms. The number of halogens is 2. The van der Waals surface area contributed by atoms with Gasteiger partial charge < -0.3 is 4.90 Å². The topological polar surface area (TPSA) is 20.3 Å². The third-order valence-electron chi connectivity index (χ3n) is 2.88. The molecule has 1 aliphatic heterocycles. The summed E-state index contributed by atoms with van der Waals surface area (Å²) in [4.78, 5) is 13.5. The predicted molar refractivity (Wildman–Crippen MR) is 84.0 cm³/mol. The molecule has 0 saturated carbocycles. The molecule has 1 aromatic carbocycles. The molecule has 1 heterocycles. The molecule has 1 saturated heterocycles. The van der Waals surface area contributed by atoms with Gasteiger partial charge in [-0.2, -0.15) is 0 Å². The zero-order valence-corrected chi connectivity index (χ0v) is 13.1. The van der Waals surface area contributed by atoms with Crippen LogP contribution in [-0.2, 0) is 0 Å². The molecule has 0 radical (unpaired) electrons. The molecule has 0 unspecified atom stereocenters. The zero-order valence-electron chi connectivity index (χ0n) is 8.83. The number of carbonyl (C=O) groups excluding carboxylic acids is 1. The van der Waals surface area contributed by atoms with Gasteiger partial charge in [0.25, 0.3) is 0 Å². The zero-order chi connectivity index (χ0) is 11.5. The molecule has 86 valence electrons. The smallest absolute Gasteiger partial charge is 0.222 e. The van der Waals surface area contributed by atoms with Crippen molar-refractivity contribution in [2.75, 3.05) is 18.0 Å². The average molecular weight is 441 g/mol. The fourth-order valence-corrected chi connectivity index (χ4v) is 2.83. The van der Waals surface area contributed by atoms with Crippen molar-refractivity contribution in [3.05, 3.63) is 29.8 Å². The maximum Gasteiger partial charge on any atom is 0.222 e. The lowest BCUT2D eigenvalue weighted by molar-refractivity contribution is 0.110. The molecular formula is C12H13I2NO. The van der Waals surface area contributed by atoms with Crippen LogP contribution in [0.15, 0.2) is 24.3 Å². The molecule has 4 heteroatoms. The van der Waals surface area contributed by atoms with Crippen molar-refractivity contribution in [2.24, 2.45) is 0 Å². The molecule has 2 rings (SSSR count). The van der Waals surface area contributed by atoms with E-state index in [0.717, 1.165) is 22.6 Å². The predicted octanol–water partition coefficient (Wildman–Crippen LogP) is 3.67. The lowest BCUT2D eigenvalue weighted by Crippen LogP contribution is -2.33. The number of benzene rings is 1. The van der Waals surface area contributed by atoms with Crippen molar-refractivity contribution in [2.45, 2.75) is 16.8 Å². The van der Waals surface area contributed by atoms with E-state index in [1.807, 2.05) is 34.7 Å². The quantitative estimate of drug-likeness (QED) is 0.397. The Bertz CT molecular complexity index is 369. The van der Waals surface area contributed by atoms with Gasteiger partial charge in [0.2, 0.25) is 3.79 Å². The number of hydrogen-bond donors (Lipinski definition) is 0. The Balaban J connectivity index is 2.07. The summed E-state index contributed by atoms with van der Waals surface area (Å²) in [6, 6.07) is 7.94. The largest absolute Gasteiger partial charge is 0.371 e. The van der Waals surface area contributed by atoms with Gasteiger partial charge in [0.15, 0.2) is 0 Å². The Labute approximate surface area is 123 Å². The van der Waals surface area contributed by atoms with E-state index in [9.17, 15) is 4.79 Å². The maximum atomic E-state index is 11.1. The van der Waals surface area contributed by atoms with Crippen LogP contribution in [0.1, 0.15) is 23.2 Å². The maximum absolute atomic E-state index is 11.1. The highest BCUT2D eigenvalue weighted by molar-refractivity contribution is 14.1. The number of rotatable bonds is 2. The Hall–Kier alpha value is 0.150. The molecule has 0 aliphatic carbocycles. The van der Waals surface area contributed by atoms with Crippen LogP contribution in [0.3, 0.4) is 0 Å². The molecule has 1 aromatic rings. The summed E-state index contributed by atoms with van der Waals surface area (Å²) in [5.74, 6) is 0. The first-order valence-corrected chi connectivity index (χ1v) is 7.68. The van der Waals surface area contributed by atoms with Crippen LogP contribution >= 0.6 is 45.2 Å². The van der Waals surface area contributed by atoms with E-state index in [4.69, 9.17) is 0 Å². The van der Waals surface area contributed by atoms with Gasteiger partial charge in [-0.1, -0.05) is 22.6 Å². The number of alkyl halides is 1. The minimum Gasteiger partial charge on any atom is -0.371 e. The molecule has 0 aromatic heterocycles. The molecule has 0 bridgehead atoms. The molecule has 0 atom stereocenters. The first kappa shape index (κ1) is 12.6. The average Bonchev–Trinajstić information content (AvgIpc) is 2.30. The van der Waals surface area contributed by atoms with Gasteiger partial charge in [0.1, 0.15) is 0 Å². The molecule has 1 aliphatic rings. The highest BCUT2D eigenvalue weighted by atomic mass is 127. The minimum absolute atomic E-state index is 0.107. The van der Waals surface area contributed by atoms with Gasteiger partial charge in [0, 0.05) is 50.9 Å². The summed E-state index contributed by atoms with van der Waals surface area (Å²) in [5.41, 5.74) is 2.03. The van der Waals surface area contributed by atoms with Gasteiger partial charge in [-0.3, -0.25) is 4.79 Å². The van der Waals surface area contributed by atoms with Crippen LogP contribution in [0.25, 0.3) is 0 Å². The summed E-state index contributed by atoms with van der Waals surface area (Å²) in [7, 11) is 0. The third kappa shape index (κ3) is 3.09. The SMILES string of the molecule is O=C(I)c1ccc(N2CCC(I)CC2)cc1. The van der Waals surface area contributed by atoms with E-state index < -0.39 is 0 Å². The molecule has 2 nitrogen and oxygen atoms in total. The molecule has 0 N–H and O–H groups in total. The van der Waals surface area contributed by atoms with Crippen LogP contribution in [0.2, 0.25) is 0 Å². The van der Waals surface area contributed by atoms with Crippen molar-refractivity contribution >= 4 is 54.7 Å². The number of hydrogen-bond acceptors (Lipinski definition) is 2. The van der Waals surface area contributed by atoms with Gasteiger partial charge in [-0.15, -0.1) is 0 Å². The van der Waals surface area contributed by atoms with Crippen LogP contribution in [0.4, 0.5) is 5.69 Å². The van der Waals surface area contributed by atoms with E-state index in [2.05, 4.69) is 39.6 Å². The second kappa shape index (κ2) is 5.66. The summed E-state index contributed by atoms with van der Waals surface area (Å²) >= 11 is 4.35. The van der Waals surface area contributed by atoms with Crippen LogP contribution in [0.5, 0.6) is 0 Å². The third-order valence-corrected chi connectivity index (χ3v) is 4.75. The van der Waals surface area contributed by atoms with Gasteiger partial charge in [-0.05, 0) is 37.1 Å². The van der Waals surface area contributed by atoms with Crippen molar-refractivity contribution in [3.8, 4) is 0 Å². The molecule has 1 fully saturated rings. The van der Waals surface area contributed by atoms with Gasteiger partial charge in [-0.25, -0.2) is 0 Å². The summed E-state index contributed by atoms with van der Waals surface area (Å²) in [6.07, 6.45) is 2.51. The number of nitrogens with zero attached hydrogens (tertiary/aromatic N) is 1. The summed E-state index contributed by atoms with van der Waals surface area (Å²) < 4.78 is 0.930. The van der Waals surface area contributed by atoms with E-state index >= 15 is 0 Å². The van der Waals surface area contributed by atoms with E-state index in [-0.39, 0.29) is 3.79 Å². The van der Waals surface area contributed by atoms with E-state index in [0.29, 0.717) is 0 Å². The Morgan fingerprint density at radius 2 is 1.75 bits per heavy atom. The van der Waals surface area contributed by atoms with Crippen molar-refractivity contribution in [3.63, 3.8) is 0 Å². The monoisotopic (exact) mass is 441 g/mol. The molecule has 16 heavy (non-hydrogen) atoms. The number of piperidine rings is 1. The summed E-state index contributed by atoms with van der Waals surface area (Å²) in [6.45, 7) is 2.26. The Morgan fingerprint density at radius 1 is 1.19 bits per heavy atom. The Morgan fingerprint density at radius 3 is 2.25 bits per heavy atom. The fourth-order valence-electron chi connectivity index (χ4n) is 1.91. The van der Waals surface area contributed by atoms with Crippen molar-refractivity contribution < 1.29 is 4.79 Å². The van der Waals surface area contributed by atoms with Crippen LogP contribution in [0, 0.1) is 0 Å². The first-order valence-electron chi connectivity index (χ1n) is 5.36. The summed E-state index contributed by atoms with van der Waals surface area (Å²) in [5, 5.41) is 0. The fraction of sp³-hybridized carbons (Fsp3) is 0.417. The van der Waals surface area contributed by atoms with Crippen LogP contribution in [-0.4, -0.2) is 20.8 Å². The highest BCUT2D eigenvalue weighted by Crippen LogP contribution is 2.24.